The van der Waals surface area contributed by atoms with Crippen LogP contribution in [0.3, 0.4) is 0 Å². The molecule has 0 unspecified atom stereocenters. The number of nitrogen functional groups attached to an aromatic ring is 2. The van der Waals surface area contributed by atoms with Gasteiger partial charge in [0, 0.05) is 6.54 Å². The molecular weight excluding hydrogens is 394 g/mol. The molecule has 9 nitrogen and oxygen atoms in total. The SMILES string of the molecule is C#CCOc1ccc(CCCCN=C(N)NC(=O)c2nc(Cl)c(N)nc2N)cc1. The van der Waals surface area contributed by atoms with Crippen LogP contribution in [0.25, 0.3) is 0 Å². The lowest BCUT2D eigenvalue weighted by molar-refractivity contribution is 0.0972. The monoisotopic (exact) mass is 415 g/mol. The Balaban J connectivity index is 1.75. The van der Waals surface area contributed by atoms with Crippen molar-refractivity contribution in [2.75, 3.05) is 24.6 Å². The molecule has 1 heterocycles. The van der Waals surface area contributed by atoms with Crippen LogP contribution < -0.4 is 27.3 Å². The number of hydrogen-bond acceptors (Lipinski definition) is 7. The van der Waals surface area contributed by atoms with Crippen LogP contribution in [0.2, 0.25) is 5.15 Å². The molecule has 1 aromatic heterocycles. The molecule has 1 amide bonds. The summed E-state index contributed by atoms with van der Waals surface area (Å²) in [4.78, 5) is 23.8. The van der Waals surface area contributed by atoms with Crippen molar-refractivity contribution in [3.63, 3.8) is 0 Å². The molecule has 0 aliphatic heterocycles. The number of nitrogens with zero attached hydrogens (tertiary/aromatic N) is 3. The standard InChI is InChI=1S/C19H22ClN7O2/c1-2-11-29-13-8-6-12(7-9-13)5-3-4-10-24-19(23)27-18(28)14-16(21)26-17(22)15(20)25-14/h1,6-9H,3-5,10-11H2,(H4,21,22,26)(H3,23,24,27,28). The number of rotatable bonds is 8. The summed E-state index contributed by atoms with van der Waals surface area (Å²) in [6, 6.07) is 7.76. The molecule has 0 spiro atoms. The number of carbonyl (C=O) groups excluding carboxylic acids is 1. The number of anilines is 2. The van der Waals surface area contributed by atoms with E-state index in [9.17, 15) is 4.79 Å². The van der Waals surface area contributed by atoms with E-state index in [0.29, 0.717) is 6.54 Å². The zero-order chi connectivity index (χ0) is 21.2. The third-order valence-electron chi connectivity index (χ3n) is 3.76. The first kappa shape index (κ1) is 21.8. The summed E-state index contributed by atoms with van der Waals surface area (Å²) in [7, 11) is 0. The smallest absolute Gasteiger partial charge is 0.280 e. The number of unbranched alkanes of at least 4 members (excludes halogenated alkanes) is 1. The summed E-state index contributed by atoms with van der Waals surface area (Å²) in [5.74, 6) is 2.26. The zero-order valence-corrected chi connectivity index (χ0v) is 16.4. The largest absolute Gasteiger partial charge is 0.481 e. The molecule has 0 aliphatic carbocycles. The van der Waals surface area contributed by atoms with Crippen molar-refractivity contribution < 1.29 is 9.53 Å². The first-order valence-electron chi connectivity index (χ1n) is 8.75. The number of benzene rings is 1. The van der Waals surface area contributed by atoms with Crippen molar-refractivity contribution in [1.29, 1.82) is 0 Å². The number of amides is 1. The Morgan fingerprint density at radius 3 is 2.62 bits per heavy atom. The van der Waals surface area contributed by atoms with Crippen molar-refractivity contribution in [1.82, 2.24) is 15.3 Å². The van der Waals surface area contributed by atoms with Crippen LogP contribution in [0.1, 0.15) is 28.9 Å². The van der Waals surface area contributed by atoms with Gasteiger partial charge in [0.25, 0.3) is 5.91 Å². The summed E-state index contributed by atoms with van der Waals surface area (Å²) < 4.78 is 5.33. The van der Waals surface area contributed by atoms with E-state index in [4.69, 9.17) is 40.0 Å². The fraction of sp³-hybridized carbons (Fsp3) is 0.263. The van der Waals surface area contributed by atoms with Crippen LogP contribution in [-0.2, 0) is 6.42 Å². The van der Waals surface area contributed by atoms with Gasteiger partial charge in [0.2, 0.25) is 0 Å². The van der Waals surface area contributed by atoms with Gasteiger partial charge in [0.15, 0.2) is 28.4 Å². The lowest BCUT2D eigenvalue weighted by atomic mass is 10.1. The molecule has 7 N–H and O–H groups in total. The Bertz CT molecular complexity index is 923. The number of nitrogens with two attached hydrogens (primary N) is 3. The number of terminal acetylenes is 1. The Hall–Kier alpha value is -3.51. The van der Waals surface area contributed by atoms with Gasteiger partial charge in [-0.25, -0.2) is 9.97 Å². The molecule has 10 heteroatoms. The summed E-state index contributed by atoms with van der Waals surface area (Å²) in [6.07, 6.45) is 7.74. The van der Waals surface area contributed by atoms with Gasteiger partial charge in [-0.2, -0.15) is 0 Å². The molecule has 0 saturated heterocycles. The van der Waals surface area contributed by atoms with Crippen LogP contribution in [0.5, 0.6) is 5.75 Å². The van der Waals surface area contributed by atoms with Gasteiger partial charge >= 0.3 is 0 Å². The van der Waals surface area contributed by atoms with Gasteiger partial charge in [-0.05, 0) is 37.0 Å². The zero-order valence-electron chi connectivity index (χ0n) is 15.7. The van der Waals surface area contributed by atoms with Crippen LogP contribution >= 0.6 is 11.6 Å². The summed E-state index contributed by atoms with van der Waals surface area (Å²) in [6.45, 7) is 0.707. The molecule has 0 atom stereocenters. The predicted octanol–water partition coefficient (Wildman–Crippen LogP) is 1.37. The molecule has 0 fully saturated rings. The maximum absolute atomic E-state index is 12.1. The van der Waals surface area contributed by atoms with Crippen LogP contribution in [0, 0.1) is 12.3 Å². The van der Waals surface area contributed by atoms with Gasteiger partial charge in [0.05, 0.1) is 0 Å². The maximum Gasteiger partial charge on any atom is 0.280 e. The number of nitrogens with one attached hydrogen (secondary N) is 1. The third-order valence-corrected chi connectivity index (χ3v) is 4.04. The number of aromatic nitrogens is 2. The van der Waals surface area contributed by atoms with Crippen LogP contribution in [0.4, 0.5) is 11.6 Å². The van der Waals surface area contributed by atoms with E-state index in [1.54, 1.807) is 0 Å². The van der Waals surface area contributed by atoms with Gasteiger partial charge < -0.3 is 21.9 Å². The molecule has 2 rings (SSSR count). The average Bonchev–Trinajstić information content (AvgIpc) is 2.69. The molecular formula is C19H22ClN7O2. The Morgan fingerprint density at radius 2 is 1.93 bits per heavy atom. The summed E-state index contributed by atoms with van der Waals surface area (Å²) in [5, 5.41) is 2.28. The van der Waals surface area contributed by atoms with Gasteiger partial charge in [-0.1, -0.05) is 29.7 Å². The Morgan fingerprint density at radius 1 is 1.21 bits per heavy atom. The lowest BCUT2D eigenvalue weighted by Gasteiger charge is -2.07. The average molecular weight is 416 g/mol. The number of guanidine groups is 1. The highest BCUT2D eigenvalue weighted by Crippen LogP contribution is 2.17. The number of hydrogen-bond donors (Lipinski definition) is 4. The fourth-order valence-corrected chi connectivity index (χ4v) is 2.47. The van der Waals surface area contributed by atoms with Crippen molar-refractivity contribution in [3.05, 3.63) is 40.7 Å². The lowest BCUT2D eigenvalue weighted by Crippen LogP contribution is -2.38. The van der Waals surface area contributed by atoms with Gasteiger partial charge in [-0.15, -0.1) is 6.42 Å². The molecule has 0 bridgehead atoms. The van der Waals surface area contributed by atoms with Gasteiger partial charge in [0.1, 0.15) is 12.4 Å². The minimum absolute atomic E-state index is 0.0424. The highest BCUT2D eigenvalue weighted by Gasteiger charge is 2.16. The van der Waals surface area contributed by atoms with Crippen molar-refractivity contribution in [2.45, 2.75) is 19.3 Å². The first-order valence-corrected chi connectivity index (χ1v) is 9.13. The molecule has 29 heavy (non-hydrogen) atoms. The third kappa shape index (κ3) is 6.86. The van der Waals surface area contributed by atoms with E-state index >= 15 is 0 Å². The number of ether oxygens (including phenoxy) is 1. The van der Waals surface area contributed by atoms with Crippen LogP contribution in [-0.4, -0.2) is 35.0 Å². The molecule has 2 aromatic rings. The molecule has 0 saturated carbocycles. The van der Waals surface area contributed by atoms with E-state index in [0.717, 1.165) is 25.0 Å². The number of aryl methyl sites for hydroxylation is 1. The van der Waals surface area contributed by atoms with E-state index in [2.05, 4.69) is 26.2 Å². The van der Waals surface area contributed by atoms with E-state index in [1.165, 1.54) is 5.56 Å². The molecule has 0 radical (unpaired) electrons. The summed E-state index contributed by atoms with van der Waals surface area (Å²) in [5.41, 5.74) is 17.8. The number of carbonyl (C=O) groups is 1. The number of aliphatic imine (C=N–C) groups is 1. The van der Waals surface area contributed by atoms with E-state index in [1.807, 2.05) is 24.3 Å². The van der Waals surface area contributed by atoms with E-state index < -0.39 is 5.91 Å². The van der Waals surface area contributed by atoms with Crippen molar-refractivity contribution >= 4 is 35.1 Å². The van der Waals surface area contributed by atoms with Crippen LogP contribution in [0.15, 0.2) is 29.3 Å². The predicted molar refractivity (Wildman–Crippen MR) is 114 cm³/mol. The maximum atomic E-state index is 12.1. The number of halogens is 1. The second-order valence-corrected chi connectivity index (χ2v) is 6.31. The molecule has 1 aromatic carbocycles. The summed E-state index contributed by atoms with van der Waals surface area (Å²) >= 11 is 5.76. The quantitative estimate of drug-likeness (QED) is 0.219. The Kier molecular flexibility index (Phi) is 8.06. The van der Waals surface area contributed by atoms with E-state index in [-0.39, 0.29) is 35.0 Å². The van der Waals surface area contributed by atoms with Crippen molar-refractivity contribution in [2.24, 2.45) is 10.7 Å². The Labute approximate surface area is 173 Å². The second-order valence-electron chi connectivity index (χ2n) is 5.95. The molecule has 152 valence electrons. The highest BCUT2D eigenvalue weighted by molar-refractivity contribution is 6.31. The van der Waals surface area contributed by atoms with Crippen molar-refractivity contribution in [3.8, 4) is 18.1 Å². The molecule has 0 aliphatic rings. The topological polar surface area (TPSA) is 155 Å². The highest BCUT2D eigenvalue weighted by atomic mass is 35.5. The second kappa shape index (κ2) is 10.7. The normalized spacial score (nSPS) is 11.0. The minimum Gasteiger partial charge on any atom is -0.481 e. The first-order chi connectivity index (χ1) is 13.9. The fourth-order valence-electron chi connectivity index (χ4n) is 2.34. The van der Waals surface area contributed by atoms with Gasteiger partial charge in [-0.3, -0.25) is 15.1 Å². The minimum atomic E-state index is -0.662.